The van der Waals surface area contributed by atoms with Crippen molar-refractivity contribution in [3.63, 3.8) is 0 Å². The molecule has 1 unspecified atom stereocenters. The summed E-state index contributed by atoms with van der Waals surface area (Å²) >= 11 is 3.21. The summed E-state index contributed by atoms with van der Waals surface area (Å²) in [6, 6.07) is 5.50. The molecule has 0 aliphatic carbocycles. The third-order valence-corrected chi connectivity index (χ3v) is 3.48. The molecule has 2 aromatic carbocycles. The molecular weight excluding hydrogens is 338 g/mol. The van der Waals surface area contributed by atoms with E-state index in [0.717, 1.165) is 12.1 Å². The van der Waals surface area contributed by atoms with Gasteiger partial charge in [-0.1, -0.05) is 22.0 Å². The van der Waals surface area contributed by atoms with Crippen LogP contribution in [0.2, 0.25) is 0 Å². The van der Waals surface area contributed by atoms with Crippen LogP contribution in [0.5, 0.6) is 0 Å². The van der Waals surface area contributed by atoms with Crippen molar-refractivity contribution in [3.05, 3.63) is 63.6 Å². The van der Waals surface area contributed by atoms with Gasteiger partial charge in [-0.2, -0.15) is 0 Å². The number of rotatable bonds is 3. The van der Waals surface area contributed by atoms with Gasteiger partial charge in [-0.3, -0.25) is 0 Å². The van der Waals surface area contributed by atoms with E-state index in [2.05, 4.69) is 21.2 Å². The first kappa shape index (κ1) is 14.8. The molecule has 1 N–H and O–H groups in total. The highest BCUT2D eigenvalue weighted by Gasteiger charge is 2.14. The fourth-order valence-corrected chi connectivity index (χ4v) is 2.51. The van der Waals surface area contributed by atoms with Crippen molar-refractivity contribution in [2.45, 2.75) is 13.0 Å². The Kier molecular flexibility index (Phi) is 4.32. The molecule has 0 spiro atoms. The highest BCUT2D eigenvalue weighted by atomic mass is 79.9. The van der Waals surface area contributed by atoms with Crippen LogP contribution in [-0.4, -0.2) is 0 Å². The summed E-state index contributed by atoms with van der Waals surface area (Å²) in [5.41, 5.74) is 0.807. The van der Waals surface area contributed by atoms with Crippen molar-refractivity contribution in [1.82, 2.24) is 0 Å². The maximum Gasteiger partial charge on any atom is 0.194 e. The summed E-state index contributed by atoms with van der Waals surface area (Å²) in [6.07, 6.45) is 0. The Morgan fingerprint density at radius 3 is 2.15 bits per heavy atom. The molecule has 106 valence electrons. The van der Waals surface area contributed by atoms with E-state index >= 15 is 0 Å². The van der Waals surface area contributed by atoms with E-state index < -0.39 is 23.3 Å². The van der Waals surface area contributed by atoms with E-state index in [-0.39, 0.29) is 11.7 Å². The molecule has 0 bridgehead atoms. The predicted octanol–water partition coefficient (Wildman–Crippen LogP) is 5.18. The number of benzene rings is 2. The molecule has 0 heterocycles. The summed E-state index contributed by atoms with van der Waals surface area (Å²) < 4.78 is 52.6. The first-order valence-electron chi connectivity index (χ1n) is 5.74. The Balaban J connectivity index is 2.25. The minimum atomic E-state index is -1.51. The molecule has 20 heavy (non-hydrogen) atoms. The van der Waals surface area contributed by atoms with E-state index in [4.69, 9.17) is 0 Å². The fourth-order valence-electron chi connectivity index (χ4n) is 1.82. The maximum atomic E-state index is 13.1. The summed E-state index contributed by atoms with van der Waals surface area (Å²) in [5, 5.41) is 2.83. The second-order valence-corrected chi connectivity index (χ2v) is 5.14. The van der Waals surface area contributed by atoms with Gasteiger partial charge in [-0.15, -0.1) is 0 Å². The lowest BCUT2D eigenvalue weighted by Crippen LogP contribution is -2.08. The molecule has 1 nitrogen and oxygen atoms in total. The highest BCUT2D eigenvalue weighted by Crippen LogP contribution is 2.28. The van der Waals surface area contributed by atoms with Crippen LogP contribution < -0.4 is 5.32 Å². The van der Waals surface area contributed by atoms with E-state index in [1.54, 1.807) is 13.0 Å². The zero-order valence-corrected chi connectivity index (χ0v) is 11.9. The number of hydrogen-bond donors (Lipinski definition) is 1. The molecule has 0 aromatic heterocycles. The van der Waals surface area contributed by atoms with Crippen LogP contribution in [-0.2, 0) is 0 Å². The Labute approximate surface area is 121 Å². The maximum absolute atomic E-state index is 13.1. The van der Waals surface area contributed by atoms with Crippen LogP contribution in [0, 0.1) is 23.3 Å². The SMILES string of the molecule is CC(Nc1cc(F)c(F)c(F)c1)c1ccc(F)cc1Br. The molecule has 2 aromatic rings. The Morgan fingerprint density at radius 2 is 1.60 bits per heavy atom. The lowest BCUT2D eigenvalue weighted by Gasteiger charge is -2.17. The number of nitrogens with one attached hydrogen (secondary N) is 1. The number of anilines is 1. The first-order valence-corrected chi connectivity index (χ1v) is 6.54. The van der Waals surface area contributed by atoms with Gasteiger partial charge < -0.3 is 5.32 Å². The predicted molar refractivity (Wildman–Crippen MR) is 72.5 cm³/mol. The van der Waals surface area contributed by atoms with Crippen LogP contribution in [0.25, 0.3) is 0 Å². The van der Waals surface area contributed by atoms with Gasteiger partial charge in [0, 0.05) is 28.3 Å². The monoisotopic (exact) mass is 347 g/mol. The molecule has 0 radical (unpaired) electrons. The smallest absolute Gasteiger partial charge is 0.194 e. The van der Waals surface area contributed by atoms with E-state index in [1.807, 2.05) is 0 Å². The van der Waals surface area contributed by atoms with Crippen molar-refractivity contribution < 1.29 is 17.6 Å². The van der Waals surface area contributed by atoms with Crippen molar-refractivity contribution in [1.29, 1.82) is 0 Å². The third kappa shape index (κ3) is 3.12. The van der Waals surface area contributed by atoms with Gasteiger partial charge in [0.05, 0.1) is 0 Å². The van der Waals surface area contributed by atoms with Gasteiger partial charge in [0.25, 0.3) is 0 Å². The molecule has 0 amide bonds. The topological polar surface area (TPSA) is 12.0 Å². The largest absolute Gasteiger partial charge is 0.378 e. The van der Waals surface area contributed by atoms with Crippen molar-refractivity contribution in [2.24, 2.45) is 0 Å². The second kappa shape index (κ2) is 5.83. The van der Waals surface area contributed by atoms with Crippen molar-refractivity contribution >= 4 is 21.6 Å². The number of hydrogen-bond acceptors (Lipinski definition) is 1. The first-order chi connectivity index (χ1) is 9.38. The highest BCUT2D eigenvalue weighted by molar-refractivity contribution is 9.10. The average Bonchev–Trinajstić information content (AvgIpc) is 2.35. The fraction of sp³-hybridized carbons (Fsp3) is 0.143. The normalized spacial score (nSPS) is 12.3. The van der Waals surface area contributed by atoms with Crippen LogP contribution >= 0.6 is 15.9 Å². The Hall–Kier alpha value is -1.56. The molecule has 0 saturated heterocycles. The lowest BCUT2D eigenvalue weighted by molar-refractivity contribution is 0.447. The Bertz CT molecular complexity index is 622. The van der Waals surface area contributed by atoms with Crippen LogP contribution in [0.1, 0.15) is 18.5 Å². The molecule has 0 fully saturated rings. The van der Waals surface area contributed by atoms with Gasteiger partial charge in [-0.05, 0) is 24.6 Å². The molecule has 1 atom stereocenters. The molecule has 6 heteroatoms. The van der Waals surface area contributed by atoms with Gasteiger partial charge >= 0.3 is 0 Å². The summed E-state index contributed by atoms with van der Waals surface area (Å²) in [6.45, 7) is 1.73. The molecule has 0 aliphatic rings. The third-order valence-electron chi connectivity index (χ3n) is 2.80. The van der Waals surface area contributed by atoms with E-state index in [9.17, 15) is 17.6 Å². The van der Waals surface area contributed by atoms with Crippen molar-refractivity contribution in [3.8, 4) is 0 Å². The van der Waals surface area contributed by atoms with Crippen molar-refractivity contribution in [2.75, 3.05) is 5.32 Å². The van der Waals surface area contributed by atoms with Crippen LogP contribution in [0.15, 0.2) is 34.8 Å². The van der Waals surface area contributed by atoms with Gasteiger partial charge in [-0.25, -0.2) is 17.6 Å². The molecule has 0 saturated carbocycles. The van der Waals surface area contributed by atoms with Crippen LogP contribution in [0.3, 0.4) is 0 Å². The second-order valence-electron chi connectivity index (χ2n) is 4.29. The zero-order chi connectivity index (χ0) is 14.9. The number of halogens is 5. The quantitative estimate of drug-likeness (QED) is 0.595. The van der Waals surface area contributed by atoms with E-state index in [0.29, 0.717) is 10.0 Å². The van der Waals surface area contributed by atoms with Gasteiger partial charge in [0.2, 0.25) is 0 Å². The van der Waals surface area contributed by atoms with Gasteiger partial charge in [0.15, 0.2) is 17.5 Å². The molecular formula is C14H10BrF4N. The molecule has 0 aliphatic heterocycles. The summed E-state index contributed by atoms with van der Waals surface area (Å²) in [4.78, 5) is 0. The summed E-state index contributed by atoms with van der Waals surface area (Å²) in [7, 11) is 0. The zero-order valence-electron chi connectivity index (χ0n) is 10.4. The lowest BCUT2D eigenvalue weighted by atomic mass is 10.1. The summed E-state index contributed by atoms with van der Waals surface area (Å²) in [5.74, 6) is -4.44. The molecule has 2 rings (SSSR count). The standard InChI is InChI=1S/C14H10BrF4N/c1-7(10-3-2-8(16)4-11(10)15)20-9-5-12(17)14(19)13(18)6-9/h2-7,20H,1H3. The Morgan fingerprint density at radius 1 is 1.00 bits per heavy atom. The minimum absolute atomic E-state index is 0.102. The average molecular weight is 348 g/mol. The van der Waals surface area contributed by atoms with Gasteiger partial charge in [0.1, 0.15) is 5.82 Å². The van der Waals surface area contributed by atoms with E-state index in [1.165, 1.54) is 12.1 Å². The minimum Gasteiger partial charge on any atom is -0.378 e. The van der Waals surface area contributed by atoms with Crippen LogP contribution in [0.4, 0.5) is 23.2 Å².